The number of benzene rings is 3. The Kier molecular flexibility index (Phi) is 7.81. The first kappa shape index (κ1) is 27.2. The summed E-state index contributed by atoms with van der Waals surface area (Å²) in [6, 6.07) is 16.4. The topological polar surface area (TPSA) is 126 Å². The van der Waals surface area contributed by atoms with E-state index < -0.39 is 39.5 Å². The van der Waals surface area contributed by atoms with Crippen LogP contribution < -0.4 is 21.7 Å². The van der Waals surface area contributed by atoms with Gasteiger partial charge in [-0.1, -0.05) is 60.1 Å². The van der Waals surface area contributed by atoms with E-state index in [1.165, 1.54) is 25.3 Å². The molecule has 12 heteroatoms. The number of halogens is 2. The summed E-state index contributed by atoms with van der Waals surface area (Å²) in [6.45, 7) is -0.793. The number of aromatic nitrogens is 3. The minimum atomic E-state index is -3.85. The van der Waals surface area contributed by atoms with Crippen molar-refractivity contribution in [3.63, 3.8) is 0 Å². The zero-order valence-electron chi connectivity index (χ0n) is 20.5. The van der Waals surface area contributed by atoms with Gasteiger partial charge in [0.2, 0.25) is 0 Å². The zero-order valence-corrected chi connectivity index (χ0v) is 22.0. The molecule has 38 heavy (non-hydrogen) atoms. The van der Waals surface area contributed by atoms with Gasteiger partial charge in [0.05, 0.1) is 30.1 Å². The Morgan fingerprint density at radius 2 is 1.74 bits per heavy atom. The lowest BCUT2D eigenvalue weighted by Crippen LogP contribution is -2.44. The van der Waals surface area contributed by atoms with Crippen LogP contribution in [-0.2, 0) is 22.9 Å². The maximum absolute atomic E-state index is 14.9. The van der Waals surface area contributed by atoms with Gasteiger partial charge >= 0.3 is 5.69 Å². The van der Waals surface area contributed by atoms with Crippen LogP contribution in [0.4, 0.5) is 4.39 Å². The molecule has 0 bridgehead atoms. The van der Waals surface area contributed by atoms with Crippen LogP contribution in [0.1, 0.15) is 17.2 Å². The first-order valence-electron chi connectivity index (χ1n) is 11.4. The highest BCUT2D eigenvalue weighted by atomic mass is 35.5. The first-order valence-corrected chi connectivity index (χ1v) is 13.6. The van der Waals surface area contributed by atoms with E-state index in [9.17, 15) is 22.4 Å². The molecule has 1 aromatic heterocycles. The van der Waals surface area contributed by atoms with E-state index in [4.69, 9.17) is 22.1 Å². The fourth-order valence-corrected chi connectivity index (χ4v) is 5.26. The summed E-state index contributed by atoms with van der Waals surface area (Å²) < 4.78 is 46.5. The highest BCUT2D eigenvalue weighted by Crippen LogP contribution is 2.32. The van der Waals surface area contributed by atoms with Gasteiger partial charge < -0.3 is 10.5 Å². The van der Waals surface area contributed by atoms with Gasteiger partial charge in [-0.05, 0) is 23.8 Å². The van der Waals surface area contributed by atoms with E-state index in [-0.39, 0.29) is 39.0 Å². The Balaban J connectivity index is 1.96. The fourth-order valence-electron chi connectivity index (χ4n) is 4.04. The first-order chi connectivity index (χ1) is 18.0. The van der Waals surface area contributed by atoms with Gasteiger partial charge in [0.15, 0.2) is 15.5 Å². The van der Waals surface area contributed by atoms with Crippen LogP contribution in [0.15, 0.2) is 81.2 Å². The van der Waals surface area contributed by atoms with Gasteiger partial charge in [-0.2, -0.15) is 5.10 Å². The second-order valence-corrected chi connectivity index (χ2v) is 10.9. The highest BCUT2D eigenvalue weighted by Gasteiger charge is 2.23. The number of hydrogen-bond donors (Lipinski definition) is 1. The van der Waals surface area contributed by atoms with E-state index in [1.54, 1.807) is 42.5 Å². The minimum Gasteiger partial charge on any atom is -0.495 e. The molecule has 3 aromatic carbocycles. The lowest BCUT2D eigenvalue weighted by molar-refractivity contribution is 0.415. The lowest BCUT2D eigenvalue weighted by Gasteiger charge is -2.17. The van der Waals surface area contributed by atoms with Crippen LogP contribution in [0.3, 0.4) is 0 Å². The molecule has 0 aliphatic carbocycles. The van der Waals surface area contributed by atoms with Crippen LogP contribution in [0.2, 0.25) is 5.02 Å². The highest BCUT2D eigenvalue weighted by molar-refractivity contribution is 7.90. The number of rotatable bonds is 8. The Hall–Kier alpha value is -3.80. The maximum atomic E-state index is 14.9. The van der Waals surface area contributed by atoms with Crippen molar-refractivity contribution in [2.24, 2.45) is 5.73 Å². The molecule has 4 aromatic rings. The molecular formula is C26H24ClFN4O5S. The normalized spacial score (nSPS) is 12.3. The van der Waals surface area contributed by atoms with Gasteiger partial charge in [0, 0.05) is 23.4 Å². The van der Waals surface area contributed by atoms with Crippen molar-refractivity contribution in [3.8, 4) is 17.0 Å². The molecule has 0 fully saturated rings. The molecule has 0 saturated heterocycles. The van der Waals surface area contributed by atoms with E-state index in [0.29, 0.717) is 5.56 Å². The van der Waals surface area contributed by atoms with Crippen molar-refractivity contribution in [2.45, 2.75) is 24.0 Å². The molecule has 0 spiro atoms. The molecule has 198 valence electrons. The zero-order chi connectivity index (χ0) is 27.6. The van der Waals surface area contributed by atoms with Crippen LogP contribution in [0.5, 0.6) is 5.75 Å². The number of ether oxygens (including phenoxy) is 1. The maximum Gasteiger partial charge on any atom is 0.347 e. The SMILES string of the molecule is COc1cccc(-c2nn(Cc3c(F)cccc3S(C)(=O)=O)c(=O)n(CC(N)c3ccccc3)c2=O)c1Cl. The van der Waals surface area contributed by atoms with Gasteiger partial charge in [0.1, 0.15) is 11.6 Å². The Morgan fingerprint density at radius 3 is 2.39 bits per heavy atom. The van der Waals surface area contributed by atoms with Crippen molar-refractivity contribution in [2.75, 3.05) is 13.4 Å². The molecule has 0 aliphatic heterocycles. The molecule has 1 heterocycles. The van der Waals surface area contributed by atoms with Crippen LogP contribution in [-0.4, -0.2) is 36.1 Å². The predicted octanol–water partition coefficient (Wildman–Crippen LogP) is 3.02. The molecule has 2 N–H and O–H groups in total. The molecule has 0 radical (unpaired) electrons. The quantitative estimate of drug-likeness (QED) is 0.352. The van der Waals surface area contributed by atoms with E-state index in [2.05, 4.69) is 5.10 Å². The molecule has 4 rings (SSSR count). The Morgan fingerprint density at radius 1 is 1.05 bits per heavy atom. The van der Waals surface area contributed by atoms with E-state index in [1.807, 2.05) is 0 Å². The largest absolute Gasteiger partial charge is 0.495 e. The minimum absolute atomic E-state index is 0.0754. The van der Waals surface area contributed by atoms with Crippen LogP contribution in [0, 0.1) is 5.82 Å². The van der Waals surface area contributed by atoms with Crippen molar-refractivity contribution >= 4 is 21.4 Å². The summed E-state index contributed by atoms with van der Waals surface area (Å²) in [5.41, 5.74) is 5.01. The van der Waals surface area contributed by atoms with Crippen molar-refractivity contribution in [3.05, 3.63) is 110 Å². The second kappa shape index (κ2) is 10.9. The van der Waals surface area contributed by atoms with Crippen molar-refractivity contribution < 1.29 is 17.5 Å². The molecule has 0 saturated carbocycles. The van der Waals surface area contributed by atoms with Crippen molar-refractivity contribution in [1.82, 2.24) is 14.3 Å². The third-order valence-corrected chi connectivity index (χ3v) is 7.52. The Bertz CT molecular complexity index is 1720. The molecule has 1 unspecified atom stereocenters. The summed E-state index contributed by atoms with van der Waals surface area (Å²) in [5, 5.41) is 4.28. The third kappa shape index (κ3) is 5.40. The van der Waals surface area contributed by atoms with E-state index in [0.717, 1.165) is 21.6 Å². The van der Waals surface area contributed by atoms with Crippen LogP contribution in [0.25, 0.3) is 11.3 Å². The molecule has 0 amide bonds. The van der Waals surface area contributed by atoms with Gasteiger partial charge in [-0.25, -0.2) is 22.3 Å². The smallest absolute Gasteiger partial charge is 0.347 e. The standard InChI is InChI=1S/C26H24ClFN4O5S/c1-37-21-12-6-10-17(23(21)27)24-25(33)31(15-20(29)16-8-4-3-5-9-16)26(34)32(30-24)14-18-19(28)11-7-13-22(18)38(2,35)36/h3-13,20H,14-15,29H2,1-2H3. The predicted molar refractivity (Wildman–Crippen MR) is 142 cm³/mol. The van der Waals surface area contributed by atoms with Gasteiger partial charge in [-0.15, -0.1) is 0 Å². The summed E-state index contributed by atoms with van der Waals surface area (Å²) in [5.74, 6) is -0.578. The van der Waals surface area contributed by atoms with E-state index >= 15 is 0 Å². The number of methoxy groups -OCH3 is 1. The lowest BCUT2D eigenvalue weighted by atomic mass is 10.1. The molecule has 9 nitrogen and oxygen atoms in total. The number of nitrogens with zero attached hydrogens (tertiary/aromatic N) is 3. The van der Waals surface area contributed by atoms with Crippen molar-refractivity contribution in [1.29, 1.82) is 0 Å². The Labute approximate surface area is 222 Å². The number of sulfone groups is 1. The summed E-state index contributed by atoms with van der Waals surface area (Å²) in [6.07, 6.45) is 0.933. The van der Waals surface area contributed by atoms with Gasteiger partial charge in [-0.3, -0.25) is 9.36 Å². The summed E-state index contributed by atoms with van der Waals surface area (Å²) >= 11 is 6.47. The second-order valence-electron chi connectivity index (χ2n) is 8.53. The third-order valence-electron chi connectivity index (χ3n) is 5.95. The monoisotopic (exact) mass is 558 g/mol. The molecule has 0 aliphatic rings. The number of nitrogens with two attached hydrogens (primary N) is 1. The summed E-state index contributed by atoms with van der Waals surface area (Å²) in [4.78, 5) is 26.8. The average Bonchev–Trinajstić information content (AvgIpc) is 2.89. The average molecular weight is 559 g/mol. The molecular weight excluding hydrogens is 535 g/mol. The van der Waals surface area contributed by atoms with Crippen LogP contribution >= 0.6 is 11.6 Å². The fraction of sp³-hybridized carbons (Fsp3) is 0.192. The summed E-state index contributed by atoms with van der Waals surface area (Å²) in [7, 11) is -2.45. The number of hydrogen-bond acceptors (Lipinski definition) is 7. The molecule has 1 atom stereocenters. The van der Waals surface area contributed by atoms with Gasteiger partial charge in [0.25, 0.3) is 5.56 Å².